The number of likely N-dealkylation sites (N-methyl/N-ethyl adjacent to an activating group) is 1. The maximum Gasteiger partial charge on any atom is 0.260 e. The molecule has 0 aliphatic heterocycles. The van der Waals surface area contributed by atoms with E-state index in [0.29, 0.717) is 17.9 Å². The number of benzene rings is 1. The Kier molecular flexibility index (Phi) is 4.40. The van der Waals surface area contributed by atoms with Crippen molar-refractivity contribution in [2.75, 3.05) is 13.7 Å². The predicted molar refractivity (Wildman–Crippen MR) is 71.8 cm³/mol. The third-order valence-electron chi connectivity index (χ3n) is 2.74. The molecule has 0 spiro atoms. The zero-order valence-electron chi connectivity index (χ0n) is 11.1. The molecule has 102 valence electrons. The van der Waals surface area contributed by atoms with Gasteiger partial charge >= 0.3 is 0 Å². The second-order valence-corrected chi connectivity index (χ2v) is 4.25. The number of nitrogens with zero attached hydrogens (tertiary/aromatic N) is 2. The summed E-state index contributed by atoms with van der Waals surface area (Å²) in [6.45, 7) is 0.353. The van der Waals surface area contributed by atoms with Crippen molar-refractivity contribution in [3.63, 3.8) is 0 Å². The number of carbonyl (C=O) groups excluding carboxylic acids is 1. The molecule has 0 atom stereocenters. The van der Waals surface area contributed by atoms with Gasteiger partial charge < -0.3 is 14.1 Å². The number of amides is 1. The van der Waals surface area contributed by atoms with Crippen LogP contribution < -0.4 is 4.74 Å². The first-order valence-electron chi connectivity index (χ1n) is 6.08. The zero-order chi connectivity index (χ0) is 14.4. The van der Waals surface area contributed by atoms with E-state index in [-0.39, 0.29) is 12.5 Å². The molecule has 0 aliphatic carbocycles. The topological polar surface area (TPSA) is 66.5 Å². The van der Waals surface area contributed by atoms with Crippen molar-refractivity contribution < 1.29 is 13.9 Å². The molecule has 5 heteroatoms. The summed E-state index contributed by atoms with van der Waals surface area (Å²) >= 11 is 0. The van der Waals surface area contributed by atoms with Crippen molar-refractivity contribution >= 4 is 5.91 Å². The normalized spacial score (nSPS) is 9.80. The Morgan fingerprint density at radius 2 is 2.10 bits per heavy atom. The molecule has 0 saturated carbocycles. The zero-order valence-corrected chi connectivity index (χ0v) is 11.1. The number of carbonyl (C=O) groups is 1. The van der Waals surface area contributed by atoms with Gasteiger partial charge in [0.1, 0.15) is 11.5 Å². The summed E-state index contributed by atoms with van der Waals surface area (Å²) in [6.07, 6.45) is 1.57. The SMILES string of the molecule is CN(Cc1ccco1)C(=O)COc1ccc(C#N)cc1. The van der Waals surface area contributed by atoms with Crippen LogP contribution >= 0.6 is 0 Å². The highest BCUT2D eigenvalue weighted by Gasteiger charge is 2.11. The minimum Gasteiger partial charge on any atom is -0.484 e. The smallest absolute Gasteiger partial charge is 0.260 e. The van der Waals surface area contributed by atoms with Crippen LogP contribution in [-0.2, 0) is 11.3 Å². The van der Waals surface area contributed by atoms with Crippen LogP contribution in [-0.4, -0.2) is 24.5 Å². The van der Waals surface area contributed by atoms with Gasteiger partial charge in [-0.05, 0) is 36.4 Å². The van der Waals surface area contributed by atoms with Gasteiger partial charge in [-0.25, -0.2) is 0 Å². The Morgan fingerprint density at radius 1 is 1.35 bits per heavy atom. The number of hydrogen-bond donors (Lipinski definition) is 0. The van der Waals surface area contributed by atoms with Gasteiger partial charge in [0.2, 0.25) is 0 Å². The van der Waals surface area contributed by atoms with Crippen molar-refractivity contribution in [1.29, 1.82) is 5.26 Å². The molecule has 5 nitrogen and oxygen atoms in total. The summed E-state index contributed by atoms with van der Waals surface area (Å²) in [6, 6.07) is 12.2. The molecule has 0 saturated heterocycles. The summed E-state index contributed by atoms with van der Waals surface area (Å²) in [5.41, 5.74) is 0.554. The van der Waals surface area contributed by atoms with Gasteiger partial charge in [-0.15, -0.1) is 0 Å². The molecule has 2 rings (SSSR count). The molecule has 1 amide bonds. The van der Waals surface area contributed by atoms with E-state index in [1.807, 2.05) is 12.1 Å². The second kappa shape index (κ2) is 6.43. The monoisotopic (exact) mass is 270 g/mol. The molecule has 0 aliphatic rings. The van der Waals surface area contributed by atoms with Crippen molar-refractivity contribution in [3.8, 4) is 11.8 Å². The number of nitriles is 1. The summed E-state index contributed by atoms with van der Waals surface area (Å²) in [5.74, 6) is 1.13. The van der Waals surface area contributed by atoms with E-state index < -0.39 is 0 Å². The molecule has 0 N–H and O–H groups in total. The van der Waals surface area contributed by atoms with E-state index in [0.717, 1.165) is 5.76 Å². The maximum atomic E-state index is 11.9. The molecule has 0 unspecified atom stereocenters. The van der Waals surface area contributed by atoms with Crippen LogP contribution in [0, 0.1) is 11.3 Å². The Morgan fingerprint density at radius 3 is 2.70 bits per heavy atom. The summed E-state index contributed by atoms with van der Waals surface area (Å²) < 4.78 is 10.6. The van der Waals surface area contributed by atoms with Gasteiger partial charge in [0.05, 0.1) is 24.4 Å². The highest BCUT2D eigenvalue weighted by atomic mass is 16.5. The minimum atomic E-state index is -0.147. The van der Waals surface area contributed by atoms with E-state index in [1.165, 1.54) is 4.90 Å². The van der Waals surface area contributed by atoms with Crippen LogP contribution in [0.4, 0.5) is 0 Å². The molecular formula is C15H14N2O3. The van der Waals surface area contributed by atoms with E-state index in [2.05, 4.69) is 0 Å². The van der Waals surface area contributed by atoms with Crippen LogP contribution in [0.5, 0.6) is 5.75 Å². The molecule has 0 bridgehead atoms. The number of hydrogen-bond acceptors (Lipinski definition) is 4. The lowest BCUT2D eigenvalue weighted by Crippen LogP contribution is -2.30. The lowest BCUT2D eigenvalue weighted by molar-refractivity contribution is -0.132. The molecule has 1 aromatic carbocycles. The molecule has 0 fully saturated rings. The summed E-state index contributed by atoms with van der Waals surface area (Å²) in [4.78, 5) is 13.4. The van der Waals surface area contributed by atoms with Crippen LogP contribution in [0.2, 0.25) is 0 Å². The van der Waals surface area contributed by atoms with Crippen molar-refractivity contribution in [3.05, 3.63) is 54.0 Å². The number of furan rings is 1. The van der Waals surface area contributed by atoms with E-state index in [9.17, 15) is 4.79 Å². The average molecular weight is 270 g/mol. The van der Waals surface area contributed by atoms with Crippen LogP contribution in [0.15, 0.2) is 47.1 Å². The fraction of sp³-hybridized carbons (Fsp3) is 0.200. The number of ether oxygens (including phenoxy) is 1. The Bertz CT molecular complexity index is 597. The summed E-state index contributed by atoms with van der Waals surface area (Å²) in [5, 5.41) is 8.68. The fourth-order valence-electron chi connectivity index (χ4n) is 1.61. The van der Waals surface area contributed by atoms with Gasteiger partial charge in [-0.2, -0.15) is 5.26 Å². The Balaban J connectivity index is 1.83. The Hall–Kier alpha value is -2.74. The largest absolute Gasteiger partial charge is 0.484 e. The van der Waals surface area contributed by atoms with Crippen molar-refractivity contribution in [2.45, 2.75) is 6.54 Å². The first-order chi connectivity index (χ1) is 9.69. The van der Waals surface area contributed by atoms with Gasteiger partial charge in [-0.1, -0.05) is 0 Å². The van der Waals surface area contributed by atoms with Gasteiger partial charge in [0.15, 0.2) is 6.61 Å². The van der Waals surface area contributed by atoms with Crippen molar-refractivity contribution in [2.24, 2.45) is 0 Å². The third kappa shape index (κ3) is 3.62. The maximum absolute atomic E-state index is 11.9. The highest BCUT2D eigenvalue weighted by Crippen LogP contribution is 2.12. The van der Waals surface area contributed by atoms with Crippen LogP contribution in [0.3, 0.4) is 0 Å². The molecule has 1 heterocycles. The van der Waals surface area contributed by atoms with E-state index >= 15 is 0 Å². The van der Waals surface area contributed by atoms with Gasteiger partial charge in [0, 0.05) is 7.05 Å². The van der Waals surface area contributed by atoms with Crippen LogP contribution in [0.25, 0.3) is 0 Å². The molecule has 0 radical (unpaired) electrons. The first-order valence-corrected chi connectivity index (χ1v) is 6.08. The molecule has 2 aromatic rings. The van der Waals surface area contributed by atoms with Crippen molar-refractivity contribution in [1.82, 2.24) is 4.90 Å². The summed E-state index contributed by atoms with van der Waals surface area (Å²) in [7, 11) is 1.69. The molecule has 20 heavy (non-hydrogen) atoms. The quantitative estimate of drug-likeness (QED) is 0.835. The van der Waals surface area contributed by atoms with E-state index in [1.54, 1.807) is 43.6 Å². The van der Waals surface area contributed by atoms with Crippen LogP contribution in [0.1, 0.15) is 11.3 Å². The molecule has 1 aromatic heterocycles. The Labute approximate surface area is 117 Å². The van der Waals surface area contributed by atoms with Gasteiger partial charge in [-0.3, -0.25) is 4.79 Å². The standard InChI is InChI=1S/C15H14N2O3/c1-17(10-14-3-2-8-19-14)15(18)11-20-13-6-4-12(9-16)5-7-13/h2-8H,10-11H2,1H3. The lowest BCUT2D eigenvalue weighted by atomic mass is 10.2. The fourth-order valence-corrected chi connectivity index (χ4v) is 1.61. The first kappa shape index (κ1) is 13.7. The average Bonchev–Trinajstić information content (AvgIpc) is 2.98. The molecular weight excluding hydrogens is 256 g/mol. The minimum absolute atomic E-state index is 0.0525. The highest BCUT2D eigenvalue weighted by molar-refractivity contribution is 5.77. The third-order valence-corrected chi connectivity index (χ3v) is 2.74. The lowest BCUT2D eigenvalue weighted by Gasteiger charge is -2.16. The number of rotatable bonds is 5. The van der Waals surface area contributed by atoms with E-state index in [4.69, 9.17) is 14.4 Å². The second-order valence-electron chi connectivity index (χ2n) is 4.25. The predicted octanol–water partition coefficient (Wildman–Crippen LogP) is 2.19. The van der Waals surface area contributed by atoms with Gasteiger partial charge in [0.25, 0.3) is 5.91 Å².